The molecule has 0 aliphatic carbocycles. The predicted molar refractivity (Wildman–Crippen MR) is 112 cm³/mol. The number of ether oxygens (including phenoxy) is 2. The largest absolute Gasteiger partial charge is 0.497 e. The summed E-state index contributed by atoms with van der Waals surface area (Å²) in [7, 11) is 3.03. The van der Waals surface area contributed by atoms with Crippen molar-refractivity contribution in [2.24, 2.45) is 0 Å². The molecule has 0 radical (unpaired) electrons. The van der Waals surface area contributed by atoms with Gasteiger partial charge in [0.05, 0.1) is 31.5 Å². The molecule has 3 N–H and O–H groups in total. The van der Waals surface area contributed by atoms with Gasteiger partial charge in [-0.1, -0.05) is 29.3 Å². The molecule has 9 heteroatoms. The smallest absolute Gasteiger partial charge is 0.319 e. The number of halogens is 2. The summed E-state index contributed by atoms with van der Waals surface area (Å²) in [4.78, 5) is 25.2. The van der Waals surface area contributed by atoms with Crippen molar-refractivity contribution in [3.8, 4) is 11.5 Å². The number of nitrogens with one attached hydrogen (secondary N) is 3. The van der Waals surface area contributed by atoms with Gasteiger partial charge in [0.2, 0.25) is 0 Å². The number of hydrogen-bond acceptors (Lipinski definition) is 4. The lowest BCUT2D eigenvalue weighted by Crippen LogP contribution is -2.46. The van der Waals surface area contributed by atoms with Crippen molar-refractivity contribution in [1.82, 2.24) is 10.6 Å². The van der Waals surface area contributed by atoms with Crippen molar-refractivity contribution in [2.75, 3.05) is 19.5 Å². The van der Waals surface area contributed by atoms with E-state index in [0.29, 0.717) is 44.1 Å². The summed E-state index contributed by atoms with van der Waals surface area (Å²) in [6.45, 7) is 1.65. The average molecular weight is 436 g/mol. The molecule has 1 aliphatic rings. The Morgan fingerprint density at radius 1 is 1.10 bits per heavy atom. The molecule has 3 rings (SSSR count). The second-order valence-electron chi connectivity index (χ2n) is 6.26. The predicted octanol–water partition coefficient (Wildman–Crippen LogP) is 4.28. The Labute approximate surface area is 178 Å². The number of carbonyl (C=O) groups excluding carboxylic acids is 2. The first-order chi connectivity index (χ1) is 13.8. The van der Waals surface area contributed by atoms with Crippen LogP contribution in [0.1, 0.15) is 18.5 Å². The zero-order chi connectivity index (χ0) is 21.1. The van der Waals surface area contributed by atoms with Gasteiger partial charge >= 0.3 is 6.03 Å². The lowest BCUT2D eigenvalue weighted by molar-refractivity contribution is -0.113. The number of carbonyl (C=O) groups is 2. The molecule has 152 valence electrons. The van der Waals surface area contributed by atoms with E-state index < -0.39 is 18.0 Å². The van der Waals surface area contributed by atoms with Gasteiger partial charge in [-0.05, 0) is 36.8 Å². The van der Waals surface area contributed by atoms with Crippen molar-refractivity contribution in [3.05, 3.63) is 63.3 Å². The zero-order valence-corrected chi connectivity index (χ0v) is 17.4. The molecular weight excluding hydrogens is 417 g/mol. The fourth-order valence-corrected chi connectivity index (χ4v) is 3.58. The lowest BCUT2D eigenvalue weighted by Gasteiger charge is -2.29. The van der Waals surface area contributed by atoms with Crippen LogP contribution in [-0.2, 0) is 4.79 Å². The Kier molecular flexibility index (Phi) is 6.20. The third kappa shape index (κ3) is 4.41. The Balaban J connectivity index is 2.00. The summed E-state index contributed by atoms with van der Waals surface area (Å²) in [5.41, 5.74) is 1.69. The topological polar surface area (TPSA) is 88.7 Å². The molecule has 2 aromatic rings. The van der Waals surface area contributed by atoms with Gasteiger partial charge in [-0.15, -0.1) is 0 Å². The number of methoxy groups -OCH3 is 2. The van der Waals surface area contributed by atoms with Gasteiger partial charge in [0.25, 0.3) is 5.91 Å². The highest BCUT2D eigenvalue weighted by atomic mass is 35.5. The van der Waals surface area contributed by atoms with Crippen molar-refractivity contribution < 1.29 is 19.1 Å². The van der Waals surface area contributed by atoms with Crippen LogP contribution in [0.3, 0.4) is 0 Å². The molecule has 0 spiro atoms. The van der Waals surface area contributed by atoms with Crippen LogP contribution in [0.5, 0.6) is 11.5 Å². The molecule has 3 amide bonds. The van der Waals surface area contributed by atoms with Gasteiger partial charge in [0, 0.05) is 21.8 Å². The number of allylic oxidation sites excluding steroid dienone is 1. The van der Waals surface area contributed by atoms with Crippen molar-refractivity contribution in [1.29, 1.82) is 0 Å². The molecule has 7 nitrogen and oxygen atoms in total. The minimum Gasteiger partial charge on any atom is -0.497 e. The van der Waals surface area contributed by atoms with Gasteiger partial charge in [0.1, 0.15) is 11.5 Å². The molecule has 0 saturated heterocycles. The normalized spacial score (nSPS) is 16.0. The first-order valence-corrected chi connectivity index (χ1v) is 9.36. The zero-order valence-electron chi connectivity index (χ0n) is 15.9. The first kappa shape index (κ1) is 20.8. The molecule has 1 atom stereocenters. The summed E-state index contributed by atoms with van der Waals surface area (Å²) >= 11 is 12.3. The number of benzene rings is 2. The highest BCUT2D eigenvalue weighted by molar-refractivity contribution is 6.35. The van der Waals surface area contributed by atoms with Gasteiger partial charge in [-0.3, -0.25) is 4.79 Å². The minimum absolute atomic E-state index is 0.304. The van der Waals surface area contributed by atoms with E-state index in [1.54, 1.807) is 43.3 Å². The van der Waals surface area contributed by atoms with E-state index in [4.69, 9.17) is 32.7 Å². The number of hydrogen-bond donors (Lipinski definition) is 3. The average Bonchev–Trinajstić information content (AvgIpc) is 2.67. The maximum absolute atomic E-state index is 13.2. The van der Waals surface area contributed by atoms with Gasteiger partial charge in [-0.2, -0.15) is 0 Å². The van der Waals surface area contributed by atoms with Crippen LogP contribution in [0, 0.1) is 0 Å². The van der Waals surface area contributed by atoms with E-state index in [1.807, 2.05) is 0 Å². The fraction of sp³-hybridized carbons (Fsp3) is 0.200. The van der Waals surface area contributed by atoms with Crippen LogP contribution >= 0.6 is 23.2 Å². The molecule has 0 unspecified atom stereocenters. The van der Waals surface area contributed by atoms with Crippen LogP contribution in [0.25, 0.3) is 0 Å². The molecular formula is C20H19Cl2N3O4. The van der Waals surface area contributed by atoms with Crippen LogP contribution in [0.15, 0.2) is 47.7 Å². The van der Waals surface area contributed by atoms with E-state index in [1.165, 1.54) is 14.2 Å². The Bertz CT molecular complexity index is 1010. The van der Waals surface area contributed by atoms with Gasteiger partial charge < -0.3 is 25.4 Å². The molecule has 0 fully saturated rings. The standard InChI is InChI=1S/C20H19Cl2N3O4/c1-10-17(19(26)24-15-9-12(28-2)5-7-16(15)29-3)18(25-20(27)23-10)13-6-4-11(21)8-14(13)22/h4-9,18H,1-3H3,(H,24,26)(H2,23,25,27)/t18-/m0/s1. The maximum atomic E-state index is 13.2. The molecule has 0 bridgehead atoms. The molecule has 29 heavy (non-hydrogen) atoms. The SMILES string of the molecule is COc1ccc(OC)c(NC(=O)C2=C(C)NC(=O)N[C@H]2c2ccc(Cl)cc2Cl)c1. The maximum Gasteiger partial charge on any atom is 0.319 e. The summed E-state index contributed by atoms with van der Waals surface area (Å²) in [5.74, 6) is 0.586. The number of urea groups is 1. The summed E-state index contributed by atoms with van der Waals surface area (Å²) in [5, 5.41) is 8.97. The highest BCUT2D eigenvalue weighted by Crippen LogP contribution is 2.35. The lowest BCUT2D eigenvalue weighted by atomic mass is 9.94. The monoisotopic (exact) mass is 435 g/mol. The van der Waals surface area contributed by atoms with E-state index in [9.17, 15) is 9.59 Å². The molecule has 1 aliphatic heterocycles. The van der Waals surface area contributed by atoms with Crippen molar-refractivity contribution in [3.63, 3.8) is 0 Å². The van der Waals surface area contributed by atoms with Crippen LogP contribution in [0.2, 0.25) is 10.0 Å². The number of anilines is 1. The summed E-state index contributed by atoms with van der Waals surface area (Å²) < 4.78 is 10.5. The van der Waals surface area contributed by atoms with Crippen molar-refractivity contribution in [2.45, 2.75) is 13.0 Å². The van der Waals surface area contributed by atoms with E-state index >= 15 is 0 Å². The minimum atomic E-state index is -0.759. The summed E-state index contributed by atoms with van der Waals surface area (Å²) in [6, 6.07) is 8.73. The first-order valence-electron chi connectivity index (χ1n) is 8.60. The third-order valence-electron chi connectivity index (χ3n) is 4.44. The van der Waals surface area contributed by atoms with Crippen LogP contribution in [-0.4, -0.2) is 26.2 Å². The molecule has 0 saturated carbocycles. The molecule has 1 heterocycles. The Morgan fingerprint density at radius 3 is 2.52 bits per heavy atom. The van der Waals surface area contributed by atoms with Gasteiger partial charge in [-0.25, -0.2) is 4.79 Å². The van der Waals surface area contributed by atoms with E-state index in [0.717, 1.165) is 0 Å². The van der Waals surface area contributed by atoms with Crippen LogP contribution < -0.4 is 25.4 Å². The number of amides is 3. The molecule has 0 aromatic heterocycles. The van der Waals surface area contributed by atoms with Crippen molar-refractivity contribution >= 4 is 40.8 Å². The third-order valence-corrected chi connectivity index (χ3v) is 5.00. The Morgan fingerprint density at radius 2 is 1.86 bits per heavy atom. The highest BCUT2D eigenvalue weighted by Gasteiger charge is 2.32. The second-order valence-corrected chi connectivity index (χ2v) is 7.10. The van der Waals surface area contributed by atoms with E-state index in [2.05, 4.69) is 16.0 Å². The van der Waals surface area contributed by atoms with Gasteiger partial charge in [0.15, 0.2) is 0 Å². The quantitative estimate of drug-likeness (QED) is 0.653. The summed E-state index contributed by atoms with van der Waals surface area (Å²) in [6.07, 6.45) is 0. The van der Waals surface area contributed by atoms with E-state index in [-0.39, 0.29) is 0 Å². The number of rotatable bonds is 5. The fourth-order valence-electron chi connectivity index (χ4n) is 3.07. The second kappa shape index (κ2) is 8.63. The Hall–Kier alpha value is -2.90. The molecule has 2 aromatic carbocycles. The van der Waals surface area contributed by atoms with Crippen LogP contribution in [0.4, 0.5) is 10.5 Å².